The van der Waals surface area contributed by atoms with Gasteiger partial charge in [0.2, 0.25) is 0 Å². The van der Waals surface area contributed by atoms with Gasteiger partial charge in [-0.2, -0.15) is 0 Å². The molecule has 6 heteroatoms. The fourth-order valence-electron chi connectivity index (χ4n) is 2.33. The Morgan fingerprint density at radius 2 is 2.11 bits per heavy atom. The van der Waals surface area contributed by atoms with E-state index in [4.69, 9.17) is 4.52 Å². The van der Waals surface area contributed by atoms with Gasteiger partial charge in [0.15, 0.2) is 5.82 Å². The molecule has 0 aromatic carbocycles. The van der Waals surface area contributed by atoms with E-state index in [1.165, 1.54) is 6.42 Å². The molecule has 6 nitrogen and oxygen atoms in total. The molecule has 0 radical (unpaired) electrons. The molecule has 1 saturated heterocycles. The van der Waals surface area contributed by atoms with Crippen LogP contribution in [0.1, 0.15) is 38.9 Å². The molecule has 0 unspecified atom stereocenters. The summed E-state index contributed by atoms with van der Waals surface area (Å²) in [7, 11) is 0. The normalized spacial score (nSPS) is 24.8. The van der Waals surface area contributed by atoms with Crippen molar-refractivity contribution in [3.8, 4) is 0 Å². The van der Waals surface area contributed by atoms with Gasteiger partial charge in [0.05, 0.1) is 0 Å². The van der Waals surface area contributed by atoms with Crippen molar-refractivity contribution in [2.45, 2.75) is 52.1 Å². The van der Waals surface area contributed by atoms with E-state index in [0.29, 0.717) is 23.7 Å². The van der Waals surface area contributed by atoms with Gasteiger partial charge in [-0.25, -0.2) is 9.80 Å². The van der Waals surface area contributed by atoms with Crippen molar-refractivity contribution in [1.82, 2.24) is 15.6 Å². The minimum atomic E-state index is -0.274. The number of hydrogen-bond donors (Lipinski definition) is 2. The molecule has 0 aliphatic carbocycles. The minimum Gasteiger partial charge on any atom is -0.360 e. The number of aromatic nitrogens is 1. The molecule has 2 N–H and O–H groups in total. The molecule has 1 aliphatic rings. The Hall–Kier alpha value is -1.56. The molecule has 1 aromatic rings. The number of carbonyl (C=O) groups excluding carboxylic acids is 1. The van der Waals surface area contributed by atoms with E-state index in [1.807, 2.05) is 5.01 Å². The average molecular weight is 252 g/mol. The van der Waals surface area contributed by atoms with Crippen molar-refractivity contribution >= 4 is 11.8 Å². The number of nitrogens with one attached hydrogen (secondary N) is 2. The highest BCUT2D eigenvalue weighted by atomic mass is 16.5. The SMILES string of the molecule is Cc1cc(NC(=O)NN2[C@@H](C)CCC[C@@H]2C)no1. The van der Waals surface area contributed by atoms with Crippen molar-refractivity contribution in [2.75, 3.05) is 5.32 Å². The Morgan fingerprint density at radius 1 is 1.44 bits per heavy atom. The molecule has 2 atom stereocenters. The van der Waals surface area contributed by atoms with E-state index in [-0.39, 0.29) is 6.03 Å². The third-order valence-electron chi connectivity index (χ3n) is 3.29. The van der Waals surface area contributed by atoms with Crippen LogP contribution in [-0.4, -0.2) is 28.3 Å². The van der Waals surface area contributed by atoms with Crippen LogP contribution in [-0.2, 0) is 0 Å². The van der Waals surface area contributed by atoms with Gasteiger partial charge in [0.25, 0.3) is 0 Å². The second-order valence-corrected chi connectivity index (χ2v) is 4.92. The lowest BCUT2D eigenvalue weighted by Crippen LogP contribution is -2.55. The van der Waals surface area contributed by atoms with Crippen molar-refractivity contribution in [3.63, 3.8) is 0 Å². The molecule has 2 rings (SSSR count). The number of nitrogens with zero attached hydrogens (tertiary/aromatic N) is 2. The zero-order valence-corrected chi connectivity index (χ0v) is 11.1. The van der Waals surface area contributed by atoms with Crippen molar-refractivity contribution < 1.29 is 9.32 Å². The first kappa shape index (κ1) is 12.9. The molecule has 1 aliphatic heterocycles. The number of aryl methyl sites for hydroxylation is 1. The summed E-state index contributed by atoms with van der Waals surface area (Å²) in [5, 5.41) is 8.38. The standard InChI is InChI=1S/C12H20N4O2/c1-8-5-4-6-9(2)16(8)14-12(17)13-11-7-10(3)18-15-11/h7-9H,4-6H2,1-3H3,(H2,13,14,15,17)/t8-,9-/m0/s1. The number of hydrazine groups is 1. The number of amides is 2. The molecule has 100 valence electrons. The topological polar surface area (TPSA) is 70.4 Å². The third kappa shape index (κ3) is 3.01. The smallest absolute Gasteiger partial charge is 0.335 e. The average Bonchev–Trinajstić information content (AvgIpc) is 2.69. The fourth-order valence-corrected chi connectivity index (χ4v) is 2.33. The molecule has 18 heavy (non-hydrogen) atoms. The van der Waals surface area contributed by atoms with E-state index in [1.54, 1.807) is 13.0 Å². The van der Waals surface area contributed by atoms with E-state index in [2.05, 4.69) is 29.7 Å². The number of rotatable bonds is 2. The van der Waals surface area contributed by atoms with Crippen LogP contribution in [0.15, 0.2) is 10.6 Å². The summed E-state index contributed by atoms with van der Waals surface area (Å²) in [4.78, 5) is 11.8. The van der Waals surface area contributed by atoms with Crippen LogP contribution in [0.2, 0.25) is 0 Å². The van der Waals surface area contributed by atoms with Crippen LogP contribution in [0, 0.1) is 6.92 Å². The zero-order chi connectivity index (χ0) is 13.1. The molecule has 0 saturated carbocycles. The summed E-state index contributed by atoms with van der Waals surface area (Å²) >= 11 is 0. The van der Waals surface area contributed by atoms with Gasteiger partial charge in [0, 0.05) is 18.2 Å². The minimum absolute atomic E-state index is 0.274. The molecule has 2 amide bonds. The molecule has 0 spiro atoms. The summed E-state index contributed by atoms with van der Waals surface area (Å²) in [5.74, 6) is 1.10. The van der Waals surface area contributed by atoms with Gasteiger partial charge in [-0.15, -0.1) is 0 Å². The summed E-state index contributed by atoms with van der Waals surface area (Å²) in [6.45, 7) is 6.03. The molecule has 0 bridgehead atoms. The van der Waals surface area contributed by atoms with Crippen molar-refractivity contribution in [3.05, 3.63) is 11.8 Å². The highest BCUT2D eigenvalue weighted by Gasteiger charge is 2.26. The van der Waals surface area contributed by atoms with E-state index < -0.39 is 0 Å². The fraction of sp³-hybridized carbons (Fsp3) is 0.667. The Bertz CT molecular complexity index is 408. The second kappa shape index (κ2) is 5.39. The van der Waals surface area contributed by atoms with E-state index >= 15 is 0 Å². The van der Waals surface area contributed by atoms with Gasteiger partial charge in [-0.1, -0.05) is 11.6 Å². The number of carbonyl (C=O) groups is 1. The first-order valence-corrected chi connectivity index (χ1v) is 6.35. The molecule has 2 heterocycles. The number of piperidine rings is 1. The maximum absolute atomic E-state index is 11.8. The Morgan fingerprint density at radius 3 is 2.67 bits per heavy atom. The lowest BCUT2D eigenvalue weighted by Gasteiger charge is -2.38. The lowest BCUT2D eigenvalue weighted by atomic mass is 10.00. The monoisotopic (exact) mass is 252 g/mol. The predicted octanol–water partition coefficient (Wildman–Crippen LogP) is 2.28. The predicted molar refractivity (Wildman–Crippen MR) is 68.0 cm³/mol. The summed E-state index contributed by atoms with van der Waals surface area (Å²) < 4.78 is 4.89. The molecular weight excluding hydrogens is 232 g/mol. The highest BCUT2D eigenvalue weighted by Crippen LogP contribution is 2.20. The largest absolute Gasteiger partial charge is 0.360 e. The first-order chi connectivity index (χ1) is 8.56. The Balaban J connectivity index is 1.90. The molecule has 1 aromatic heterocycles. The van der Waals surface area contributed by atoms with Crippen LogP contribution in [0.25, 0.3) is 0 Å². The van der Waals surface area contributed by atoms with Crippen molar-refractivity contribution in [1.29, 1.82) is 0 Å². The van der Waals surface area contributed by atoms with Crippen LogP contribution in [0.3, 0.4) is 0 Å². The van der Waals surface area contributed by atoms with E-state index in [0.717, 1.165) is 12.8 Å². The number of urea groups is 1. The highest BCUT2D eigenvalue weighted by molar-refractivity contribution is 5.87. The Kier molecular flexibility index (Phi) is 3.86. The van der Waals surface area contributed by atoms with Gasteiger partial charge in [0.1, 0.15) is 5.76 Å². The Labute approximate surface area is 107 Å². The summed E-state index contributed by atoms with van der Waals surface area (Å²) in [5.41, 5.74) is 2.88. The number of hydrogen-bond acceptors (Lipinski definition) is 4. The maximum atomic E-state index is 11.8. The van der Waals surface area contributed by atoms with Gasteiger partial charge in [-0.3, -0.25) is 10.7 Å². The zero-order valence-electron chi connectivity index (χ0n) is 11.1. The van der Waals surface area contributed by atoms with Crippen LogP contribution >= 0.6 is 0 Å². The summed E-state index contributed by atoms with van der Waals surface area (Å²) in [6, 6.07) is 2.13. The van der Waals surface area contributed by atoms with Crippen molar-refractivity contribution in [2.24, 2.45) is 0 Å². The van der Waals surface area contributed by atoms with Gasteiger partial charge >= 0.3 is 6.03 Å². The first-order valence-electron chi connectivity index (χ1n) is 6.35. The van der Waals surface area contributed by atoms with Gasteiger partial charge in [-0.05, 0) is 33.6 Å². The van der Waals surface area contributed by atoms with Crippen LogP contribution in [0.5, 0.6) is 0 Å². The number of anilines is 1. The quantitative estimate of drug-likeness (QED) is 0.847. The maximum Gasteiger partial charge on any atom is 0.335 e. The third-order valence-corrected chi connectivity index (χ3v) is 3.29. The second-order valence-electron chi connectivity index (χ2n) is 4.92. The molecule has 1 fully saturated rings. The summed E-state index contributed by atoms with van der Waals surface area (Å²) in [6.07, 6.45) is 3.42. The molecular formula is C12H20N4O2. The lowest BCUT2D eigenvalue weighted by molar-refractivity contribution is 0.0625. The van der Waals surface area contributed by atoms with Crippen LogP contribution in [0.4, 0.5) is 10.6 Å². The van der Waals surface area contributed by atoms with E-state index in [9.17, 15) is 4.79 Å². The van der Waals surface area contributed by atoms with Crippen LogP contribution < -0.4 is 10.7 Å². The van der Waals surface area contributed by atoms with Gasteiger partial charge < -0.3 is 4.52 Å².